The summed E-state index contributed by atoms with van der Waals surface area (Å²) in [5, 5.41) is 13.2. The molecule has 2 aromatic heterocycles. The Bertz CT molecular complexity index is 1100. The summed E-state index contributed by atoms with van der Waals surface area (Å²) >= 11 is 7.25. The highest BCUT2D eigenvalue weighted by molar-refractivity contribution is 7.16. The zero-order valence-corrected chi connectivity index (χ0v) is 14.9. The normalized spacial score (nSPS) is 12.0. The van der Waals surface area contributed by atoms with Gasteiger partial charge in [0.05, 0.1) is 5.56 Å². The number of benzene rings is 2. The van der Waals surface area contributed by atoms with Crippen molar-refractivity contribution in [3.05, 3.63) is 69.4 Å². The van der Waals surface area contributed by atoms with Gasteiger partial charge in [-0.25, -0.2) is 4.39 Å². The van der Waals surface area contributed by atoms with Gasteiger partial charge in [0.15, 0.2) is 5.82 Å². The van der Waals surface area contributed by atoms with E-state index in [-0.39, 0.29) is 6.42 Å². The summed E-state index contributed by atoms with van der Waals surface area (Å²) in [6.07, 6.45) is -4.24. The zero-order chi connectivity index (χ0) is 19.2. The molecular formula is C17H9ClF4N4S. The lowest BCUT2D eigenvalue weighted by molar-refractivity contribution is -0.137. The minimum absolute atomic E-state index is 0.173. The van der Waals surface area contributed by atoms with E-state index in [1.54, 1.807) is 6.07 Å². The molecule has 0 aliphatic rings. The predicted molar refractivity (Wildman–Crippen MR) is 93.3 cm³/mol. The molecule has 0 atom stereocenters. The van der Waals surface area contributed by atoms with Gasteiger partial charge in [-0.2, -0.15) is 22.8 Å². The largest absolute Gasteiger partial charge is 0.416 e. The van der Waals surface area contributed by atoms with Crippen molar-refractivity contribution >= 4 is 27.9 Å². The van der Waals surface area contributed by atoms with E-state index in [2.05, 4.69) is 15.3 Å². The lowest BCUT2D eigenvalue weighted by Crippen LogP contribution is -2.04. The predicted octanol–water partition coefficient (Wildman–Crippen LogP) is 5.25. The Labute approximate surface area is 159 Å². The van der Waals surface area contributed by atoms with Gasteiger partial charge < -0.3 is 0 Å². The van der Waals surface area contributed by atoms with Crippen LogP contribution in [0.2, 0.25) is 5.02 Å². The summed E-state index contributed by atoms with van der Waals surface area (Å²) in [6, 6.07) is 9.00. The number of hydrogen-bond donors (Lipinski definition) is 0. The highest BCUT2D eigenvalue weighted by Crippen LogP contribution is 2.31. The molecule has 0 radical (unpaired) electrons. The van der Waals surface area contributed by atoms with Gasteiger partial charge in [-0.05, 0) is 24.3 Å². The Hall–Kier alpha value is -2.52. The molecule has 138 valence electrons. The molecule has 0 aliphatic carbocycles. The molecular weight excluding hydrogens is 404 g/mol. The Kier molecular flexibility index (Phi) is 4.35. The summed E-state index contributed by atoms with van der Waals surface area (Å²) in [7, 11) is 0. The lowest BCUT2D eigenvalue weighted by atomic mass is 10.1. The fraction of sp³-hybridized carbons (Fsp3) is 0.118. The minimum Gasteiger partial charge on any atom is -0.207 e. The lowest BCUT2D eigenvalue weighted by Gasteiger charge is -2.06. The van der Waals surface area contributed by atoms with Crippen LogP contribution in [0.15, 0.2) is 42.5 Å². The molecule has 0 fully saturated rings. The van der Waals surface area contributed by atoms with E-state index in [4.69, 9.17) is 11.6 Å². The Balaban J connectivity index is 1.68. The van der Waals surface area contributed by atoms with Crippen molar-refractivity contribution < 1.29 is 17.6 Å². The summed E-state index contributed by atoms with van der Waals surface area (Å²) in [6.45, 7) is 0. The molecule has 0 amide bonds. The maximum Gasteiger partial charge on any atom is 0.416 e. The third kappa shape index (κ3) is 3.40. The van der Waals surface area contributed by atoms with E-state index < -0.39 is 17.6 Å². The maximum atomic E-state index is 14.0. The van der Waals surface area contributed by atoms with E-state index in [0.29, 0.717) is 31.9 Å². The minimum atomic E-state index is -4.41. The third-order valence-electron chi connectivity index (χ3n) is 3.89. The van der Waals surface area contributed by atoms with Crippen LogP contribution in [0.3, 0.4) is 0 Å². The molecule has 0 spiro atoms. The number of rotatable bonds is 3. The van der Waals surface area contributed by atoms with Crippen molar-refractivity contribution in [2.45, 2.75) is 12.6 Å². The Morgan fingerprint density at radius 1 is 1.04 bits per heavy atom. The van der Waals surface area contributed by atoms with Crippen LogP contribution in [0.25, 0.3) is 16.3 Å². The molecule has 27 heavy (non-hydrogen) atoms. The molecule has 0 N–H and O–H groups in total. The van der Waals surface area contributed by atoms with Crippen molar-refractivity contribution in [3.63, 3.8) is 0 Å². The van der Waals surface area contributed by atoms with E-state index in [9.17, 15) is 17.6 Å². The smallest absolute Gasteiger partial charge is 0.207 e. The maximum absolute atomic E-state index is 14.0. The van der Waals surface area contributed by atoms with E-state index >= 15 is 0 Å². The van der Waals surface area contributed by atoms with Crippen LogP contribution in [0, 0.1) is 5.82 Å². The number of nitrogens with zero attached hydrogens (tertiary/aromatic N) is 4. The number of fused-ring (bicyclic) bond motifs is 1. The quantitative estimate of drug-likeness (QED) is 0.431. The van der Waals surface area contributed by atoms with Crippen LogP contribution in [-0.2, 0) is 12.6 Å². The number of hydrogen-bond acceptors (Lipinski definition) is 4. The van der Waals surface area contributed by atoms with E-state index in [0.717, 1.165) is 12.1 Å². The molecule has 0 unspecified atom stereocenters. The standard InChI is InChI=1S/C17H9ClF4N4S/c18-12-2-1-3-13(19)11(12)8-14-25-26-15(23-24-16(26)27-14)9-4-6-10(7-5-9)17(20,21)22/h1-7H,8H2. The third-order valence-corrected chi connectivity index (χ3v) is 5.15. The fourth-order valence-electron chi connectivity index (χ4n) is 2.57. The van der Waals surface area contributed by atoms with Crippen molar-refractivity contribution in [2.75, 3.05) is 0 Å². The van der Waals surface area contributed by atoms with Crippen molar-refractivity contribution in [3.8, 4) is 11.4 Å². The SMILES string of the molecule is Fc1cccc(Cl)c1Cc1nn2c(-c3ccc(C(F)(F)F)cc3)nnc2s1. The van der Waals surface area contributed by atoms with Crippen LogP contribution < -0.4 is 0 Å². The summed E-state index contributed by atoms with van der Waals surface area (Å²) in [5.41, 5.74) is 0.0108. The molecule has 4 rings (SSSR count). The van der Waals surface area contributed by atoms with Crippen LogP contribution in [0.1, 0.15) is 16.1 Å². The van der Waals surface area contributed by atoms with E-state index in [1.807, 2.05) is 0 Å². The molecule has 10 heteroatoms. The number of halogens is 5. The van der Waals surface area contributed by atoms with Gasteiger partial charge in [-0.3, -0.25) is 0 Å². The van der Waals surface area contributed by atoms with Gasteiger partial charge in [-0.1, -0.05) is 41.1 Å². The summed E-state index contributed by atoms with van der Waals surface area (Å²) in [5.74, 6) is -0.128. The first-order valence-corrected chi connectivity index (χ1v) is 8.84. The van der Waals surface area contributed by atoms with Crippen molar-refractivity contribution in [1.29, 1.82) is 0 Å². The van der Waals surface area contributed by atoms with Crippen LogP contribution >= 0.6 is 22.9 Å². The van der Waals surface area contributed by atoms with E-state index in [1.165, 1.54) is 40.1 Å². The monoisotopic (exact) mass is 412 g/mol. The van der Waals surface area contributed by atoms with Gasteiger partial charge in [0, 0.05) is 22.6 Å². The molecule has 0 bridgehead atoms. The number of aromatic nitrogens is 4. The molecule has 0 aliphatic heterocycles. The molecule has 2 aromatic carbocycles. The average Bonchev–Trinajstić information content (AvgIpc) is 3.18. The van der Waals surface area contributed by atoms with Crippen molar-refractivity contribution in [2.24, 2.45) is 0 Å². The van der Waals surface area contributed by atoms with Gasteiger partial charge in [0.2, 0.25) is 4.96 Å². The van der Waals surface area contributed by atoms with Crippen LogP contribution in [0.5, 0.6) is 0 Å². The highest BCUT2D eigenvalue weighted by atomic mass is 35.5. The second kappa shape index (κ2) is 6.58. The summed E-state index contributed by atoms with van der Waals surface area (Å²) in [4.78, 5) is 0.451. The van der Waals surface area contributed by atoms with Crippen molar-refractivity contribution in [1.82, 2.24) is 19.8 Å². The molecule has 2 heterocycles. The first kappa shape index (κ1) is 17.9. The number of alkyl halides is 3. The van der Waals surface area contributed by atoms with Gasteiger partial charge in [0.1, 0.15) is 10.8 Å². The second-order valence-corrected chi connectivity index (χ2v) is 7.11. The molecule has 4 aromatic rings. The first-order valence-electron chi connectivity index (χ1n) is 7.64. The van der Waals surface area contributed by atoms with Gasteiger partial charge in [0.25, 0.3) is 0 Å². The topological polar surface area (TPSA) is 43.1 Å². The first-order chi connectivity index (χ1) is 12.8. The second-order valence-electron chi connectivity index (χ2n) is 5.67. The van der Waals surface area contributed by atoms with Crippen LogP contribution in [0.4, 0.5) is 17.6 Å². The molecule has 0 saturated heterocycles. The molecule has 0 saturated carbocycles. The Morgan fingerprint density at radius 3 is 2.44 bits per heavy atom. The fourth-order valence-corrected chi connectivity index (χ4v) is 3.64. The van der Waals surface area contributed by atoms with Crippen LogP contribution in [-0.4, -0.2) is 19.8 Å². The molecule has 4 nitrogen and oxygen atoms in total. The Morgan fingerprint density at radius 2 is 1.78 bits per heavy atom. The van der Waals surface area contributed by atoms with Gasteiger partial charge >= 0.3 is 6.18 Å². The zero-order valence-electron chi connectivity index (χ0n) is 13.3. The highest BCUT2D eigenvalue weighted by Gasteiger charge is 2.30. The summed E-state index contributed by atoms with van der Waals surface area (Å²) < 4.78 is 53.5. The van der Waals surface area contributed by atoms with Gasteiger partial charge in [-0.15, -0.1) is 10.2 Å². The average molecular weight is 413 g/mol.